The van der Waals surface area contributed by atoms with Crippen LogP contribution in [0.1, 0.15) is 22.5 Å². The second kappa shape index (κ2) is 7.21. The van der Waals surface area contributed by atoms with Crippen LogP contribution in [0.15, 0.2) is 48.7 Å². The zero-order valence-electron chi connectivity index (χ0n) is 11.8. The van der Waals surface area contributed by atoms with Gasteiger partial charge in [-0.05, 0) is 30.5 Å². The van der Waals surface area contributed by atoms with E-state index < -0.39 is 17.9 Å². The summed E-state index contributed by atoms with van der Waals surface area (Å²) < 4.78 is 0. The first-order chi connectivity index (χ1) is 10.6. The molecule has 0 unspecified atom stereocenters. The molecule has 3 N–H and O–H groups in total. The van der Waals surface area contributed by atoms with E-state index >= 15 is 0 Å². The lowest BCUT2D eigenvalue weighted by Crippen LogP contribution is -2.41. The van der Waals surface area contributed by atoms with Gasteiger partial charge in [0.25, 0.3) is 5.91 Å². The molecule has 1 aromatic carbocycles. The highest BCUT2D eigenvalue weighted by atomic mass is 16.4. The minimum atomic E-state index is -1.13. The normalized spacial score (nSPS) is 11.6. The number of aryl methyl sites for hydroxylation is 1. The Bertz CT molecular complexity index is 658. The van der Waals surface area contributed by atoms with Crippen molar-refractivity contribution < 1.29 is 19.8 Å². The van der Waals surface area contributed by atoms with Crippen LogP contribution in [-0.2, 0) is 11.2 Å². The number of hydrogen-bond acceptors (Lipinski definition) is 4. The molecule has 0 fully saturated rings. The molecule has 22 heavy (non-hydrogen) atoms. The number of carboxylic acid groups (broad SMARTS) is 1. The van der Waals surface area contributed by atoms with Crippen LogP contribution in [0.25, 0.3) is 0 Å². The minimum Gasteiger partial charge on any atom is -0.505 e. The van der Waals surface area contributed by atoms with Crippen molar-refractivity contribution in [3.63, 3.8) is 0 Å². The number of amides is 1. The van der Waals surface area contributed by atoms with E-state index in [0.29, 0.717) is 6.42 Å². The van der Waals surface area contributed by atoms with Crippen molar-refractivity contribution in [2.75, 3.05) is 0 Å². The Labute approximate surface area is 127 Å². The fourth-order valence-corrected chi connectivity index (χ4v) is 2.01. The fourth-order valence-electron chi connectivity index (χ4n) is 2.01. The second-order valence-electron chi connectivity index (χ2n) is 4.76. The van der Waals surface area contributed by atoms with Crippen LogP contribution in [0, 0.1) is 0 Å². The Kier molecular flexibility index (Phi) is 5.08. The Morgan fingerprint density at radius 2 is 1.86 bits per heavy atom. The summed E-state index contributed by atoms with van der Waals surface area (Å²) >= 11 is 0. The van der Waals surface area contributed by atoms with Gasteiger partial charge in [0.15, 0.2) is 5.69 Å². The van der Waals surface area contributed by atoms with Gasteiger partial charge >= 0.3 is 5.97 Å². The standard InChI is InChI=1S/C16H16N2O4/c19-13-7-4-10-17-14(13)15(20)18-12(16(21)22)9-8-11-5-2-1-3-6-11/h1-7,10,12,19H,8-9H2,(H,18,20)(H,21,22)/t12-/m0/s1. The Balaban J connectivity index is 2.01. The number of aromatic nitrogens is 1. The van der Waals surface area contributed by atoms with Crippen molar-refractivity contribution in [1.82, 2.24) is 10.3 Å². The van der Waals surface area contributed by atoms with Gasteiger partial charge in [-0.15, -0.1) is 0 Å². The zero-order valence-corrected chi connectivity index (χ0v) is 11.8. The molecule has 0 aliphatic rings. The molecule has 114 valence electrons. The SMILES string of the molecule is O=C(N[C@@H](CCc1ccccc1)C(=O)O)c1ncccc1O. The molecular weight excluding hydrogens is 284 g/mol. The lowest BCUT2D eigenvalue weighted by Gasteiger charge is -2.14. The molecule has 0 bridgehead atoms. The molecule has 1 heterocycles. The summed E-state index contributed by atoms with van der Waals surface area (Å²) in [4.78, 5) is 27.0. The molecule has 0 radical (unpaired) electrons. The van der Waals surface area contributed by atoms with Gasteiger partial charge in [-0.25, -0.2) is 9.78 Å². The molecule has 6 heteroatoms. The molecule has 1 aromatic heterocycles. The van der Waals surface area contributed by atoms with Gasteiger partial charge in [0.05, 0.1) is 0 Å². The maximum atomic E-state index is 12.0. The summed E-state index contributed by atoms with van der Waals surface area (Å²) in [6, 6.07) is 11.2. The first kappa shape index (κ1) is 15.5. The number of hydrogen-bond donors (Lipinski definition) is 3. The summed E-state index contributed by atoms with van der Waals surface area (Å²) in [7, 11) is 0. The van der Waals surface area contributed by atoms with E-state index in [-0.39, 0.29) is 17.9 Å². The lowest BCUT2D eigenvalue weighted by molar-refractivity contribution is -0.139. The number of rotatable bonds is 6. The van der Waals surface area contributed by atoms with E-state index in [2.05, 4.69) is 10.3 Å². The third-order valence-electron chi connectivity index (χ3n) is 3.17. The van der Waals surface area contributed by atoms with Gasteiger partial charge in [0.2, 0.25) is 0 Å². The Morgan fingerprint density at radius 1 is 1.14 bits per heavy atom. The molecule has 0 saturated heterocycles. The number of nitrogens with zero attached hydrogens (tertiary/aromatic N) is 1. The predicted molar refractivity (Wildman–Crippen MR) is 79.6 cm³/mol. The lowest BCUT2D eigenvalue weighted by atomic mass is 10.1. The average molecular weight is 300 g/mol. The van der Waals surface area contributed by atoms with Crippen molar-refractivity contribution in [1.29, 1.82) is 0 Å². The molecule has 0 spiro atoms. The molecule has 0 aliphatic heterocycles. The van der Waals surface area contributed by atoms with Crippen molar-refractivity contribution in [2.24, 2.45) is 0 Å². The van der Waals surface area contributed by atoms with Crippen molar-refractivity contribution in [3.05, 3.63) is 59.9 Å². The molecule has 0 saturated carbocycles. The van der Waals surface area contributed by atoms with Gasteiger partial charge in [-0.1, -0.05) is 30.3 Å². The predicted octanol–water partition coefficient (Wildman–Crippen LogP) is 1.60. The summed E-state index contributed by atoms with van der Waals surface area (Å²) in [5, 5.41) is 21.2. The smallest absolute Gasteiger partial charge is 0.326 e. The van der Waals surface area contributed by atoms with Crippen LogP contribution < -0.4 is 5.32 Å². The second-order valence-corrected chi connectivity index (χ2v) is 4.76. The molecule has 6 nitrogen and oxygen atoms in total. The topological polar surface area (TPSA) is 99.5 Å². The van der Waals surface area contributed by atoms with E-state index in [1.807, 2.05) is 30.3 Å². The van der Waals surface area contributed by atoms with Crippen molar-refractivity contribution >= 4 is 11.9 Å². The Morgan fingerprint density at radius 3 is 2.50 bits per heavy atom. The van der Waals surface area contributed by atoms with Gasteiger partial charge in [-0.3, -0.25) is 4.79 Å². The van der Waals surface area contributed by atoms with Gasteiger partial charge in [0.1, 0.15) is 11.8 Å². The first-order valence-electron chi connectivity index (χ1n) is 6.79. The number of carbonyl (C=O) groups excluding carboxylic acids is 1. The molecule has 2 aromatic rings. The summed E-state index contributed by atoms with van der Waals surface area (Å²) in [5.41, 5.74) is 0.803. The van der Waals surface area contributed by atoms with Crippen LogP contribution in [0.5, 0.6) is 5.75 Å². The molecule has 0 aliphatic carbocycles. The third-order valence-corrected chi connectivity index (χ3v) is 3.17. The van der Waals surface area contributed by atoms with Crippen LogP contribution in [0.4, 0.5) is 0 Å². The number of carboxylic acids is 1. The van der Waals surface area contributed by atoms with Gasteiger partial charge < -0.3 is 15.5 Å². The fraction of sp³-hybridized carbons (Fsp3) is 0.188. The summed E-state index contributed by atoms with van der Waals surface area (Å²) in [6.07, 6.45) is 2.12. The number of pyridine rings is 1. The number of aliphatic carboxylic acids is 1. The Hall–Kier alpha value is -2.89. The zero-order chi connectivity index (χ0) is 15.9. The number of carbonyl (C=O) groups is 2. The summed E-state index contributed by atoms with van der Waals surface area (Å²) in [6.45, 7) is 0. The van der Waals surface area contributed by atoms with Crippen LogP contribution >= 0.6 is 0 Å². The highest BCUT2D eigenvalue weighted by Crippen LogP contribution is 2.13. The number of aromatic hydroxyl groups is 1. The third kappa shape index (κ3) is 4.05. The van der Waals surface area contributed by atoms with Crippen LogP contribution in [0.3, 0.4) is 0 Å². The molecular formula is C16H16N2O4. The highest BCUT2D eigenvalue weighted by Gasteiger charge is 2.22. The van der Waals surface area contributed by atoms with E-state index in [4.69, 9.17) is 0 Å². The summed E-state index contributed by atoms with van der Waals surface area (Å²) in [5.74, 6) is -2.12. The monoisotopic (exact) mass is 300 g/mol. The highest BCUT2D eigenvalue weighted by molar-refractivity contribution is 5.97. The maximum Gasteiger partial charge on any atom is 0.326 e. The van der Waals surface area contributed by atoms with Gasteiger partial charge in [0, 0.05) is 6.20 Å². The first-order valence-corrected chi connectivity index (χ1v) is 6.79. The van der Waals surface area contributed by atoms with Crippen LogP contribution in [-0.4, -0.2) is 33.1 Å². The maximum absolute atomic E-state index is 12.0. The largest absolute Gasteiger partial charge is 0.505 e. The molecule has 1 amide bonds. The van der Waals surface area contributed by atoms with Crippen molar-refractivity contribution in [3.8, 4) is 5.75 Å². The minimum absolute atomic E-state index is 0.187. The molecule has 1 atom stereocenters. The van der Waals surface area contributed by atoms with E-state index in [1.54, 1.807) is 0 Å². The number of nitrogens with one attached hydrogen (secondary N) is 1. The number of benzene rings is 1. The molecule has 2 rings (SSSR count). The van der Waals surface area contributed by atoms with E-state index in [0.717, 1.165) is 5.56 Å². The van der Waals surface area contributed by atoms with Gasteiger partial charge in [-0.2, -0.15) is 0 Å². The van der Waals surface area contributed by atoms with Crippen LogP contribution in [0.2, 0.25) is 0 Å². The average Bonchev–Trinajstić information content (AvgIpc) is 2.52. The van der Waals surface area contributed by atoms with E-state index in [9.17, 15) is 19.8 Å². The van der Waals surface area contributed by atoms with Crippen molar-refractivity contribution in [2.45, 2.75) is 18.9 Å². The van der Waals surface area contributed by atoms with E-state index in [1.165, 1.54) is 18.3 Å². The quantitative estimate of drug-likeness (QED) is 0.752.